The van der Waals surface area contributed by atoms with E-state index in [2.05, 4.69) is 10.3 Å². The molecule has 8 nitrogen and oxygen atoms in total. The van der Waals surface area contributed by atoms with Gasteiger partial charge in [-0.15, -0.1) is 0 Å². The van der Waals surface area contributed by atoms with Crippen LogP contribution in [0.25, 0.3) is 11.5 Å². The van der Waals surface area contributed by atoms with Crippen molar-refractivity contribution in [2.75, 3.05) is 32.6 Å². The third kappa shape index (κ3) is 5.49. The van der Waals surface area contributed by atoms with Gasteiger partial charge in [0.15, 0.2) is 0 Å². The Kier molecular flexibility index (Phi) is 7.41. The number of rotatable bonds is 10. The van der Waals surface area contributed by atoms with E-state index in [1.807, 2.05) is 36.4 Å². The number of anilines is 1. The molecule has 0 radical (unpaired) electrons. The minimum atomic E-state index is -3.66. The van der Waals surface area contributed by atoms with Gasteiger partial charge in [-0.25, -0.2) is 8.42 Å². The van der Waals surface area contributed by atoms with Crippen LogP contribution in [-0.2, 0) is 21.3 Å². The molecule has 0 aliphatic rings. The summed E-state index contributed by atoms with van der Waals surface area (Å²) in [6, 6.07) is 17.6. The smallest absolute Gasteiger partial charge is 0.243 e. The molecule has 3 aromatic rings. The molecule has 1 aromatic heterocycles. The van der Waals surface area contributed by atoms with E-state index < -0.39 is 10.0 Å². The molecule has 0 atom stereocenters. The highest BCUT2D eigenvalue weighted by atomic mass is 32.2. The van der Waals surface area contributed by atoms with E-state index in [0.717, 1.165) is 12.0 Å². The van der Waals surface area contributed by atoms with Crippen LogP contribution < -0.4 is 5.32 Å². The Bertz CT molecular complexity index is 1140. The number of hydrogen-bond acceptors (Lipinski definition) is 7. The molecule has 0 saturated carbocycles. The van der Waals surface area contributed by atoms with Crippen molar-refractivity contribution in [1.29, 1.82) is 5.26 Å². The standard InChI is InChI=1S/C22H24N4O4S/c1-26(16-17-7-4-3-5-8-17)31(27,28)19-11-9-18(10-12-19)21-25-20(15-23)22(30-21)24-13-6-14-29-2/h3-5,7-12,24H,6,13-14,16H2,1-2H3. The lowest BCUT2D eigenvalue weighted by Gasteiger charge is -2.17. The van der Waals surface area contributed by atoms with E-state index in [-0.39, 0.29) is 28.9 Å². The van der Waals surface area contributed by atoms with E-state index >= 15 is 0 Å². The Morgan fingerprint density at radius 2 is 1.87 bits per heavy atom. The third-order valence-corrected chi connectivity index (χ3v) is 6.42. The molecule has 31 heavy (non-hydrogen) atoms. The lowest BCUT2D eigenvalue weighted by atomic mass is 10.2. The van der Waals surface area contributed by atoms with Gasteiger partial charge in [-0.3, -0.25) is 0 Å². The Morgan fingerprint density at radius 3 is 2.52 bits per heavy atom. The average Bonchev–Trinajstić information content (AvgIpc) is 3.20. The highest BCUT2D eigenvalue weighted by Crippen LogP contribution is 2.27. The lowest BCUT2D eigenvalue weighted by molar-refractivity contribution is 0.197. The number of aromatic nitrogens is 1. The van der Waals surface area contributed by atoms with Crippen molar-refractivity contribution < 1.29 is 17.6 Å². The van der Waals surface area contributed by atoms with Gasteiger partial charge in [0, 0.05) is 39.4 Å². The highest BCUT2D eigenvalue weighted by Gasteiger charge is 2.22. The second kappa shape index (κ2) is 10.2. The van der Waals surface area contributed by atoms with Crippen molar-refractivity contribution in [1.82, 2.24) is 9.29 Å². The maximum Gasteiger partial charge on any atom is 0.243 e. The predicted molar refractivity (Wildman–Crippen MR) is 117 cm³/mol. The number of nitrogens with zero attached hydrogens (tertiary/aromatic N) is 3. The van der Waals surface area contributed by atoms with E-state index in [9.17, 15) is 13.7 Å². The molecule has 0 unspecified atom stereocenters. The van der Waals surface area contributed by atoms with Crippen LogP contribution in [0.1, 0.15) is 17.7 Å². The Labute approximate surface area is 182 Å². The first-order valence-corrected chi connectivity index (χ1v) is 11.1. The Morgan fingerprint density at radius 1 is 1.16 bits per heavy atom. The number of nitriles is 1. The molecule has 162 valence electrons. The molecule has 9 heteroatoms. The van der Waals surface area contributed by atoms with E-state index in [0.29, 0.717) is 18.7 Å². The largest absolute Gasteiger partial charge is 0.419 e. The normalized spacial score (nSPS) is 11.4. The van der Waals surface area contributed by atoms with Crippen molar-refractivity contribution in [3.63, 3.8) is 0 Å². The summed E-state index contributed by atoms with van der Waals surface area (Å²) >= 11 is 0. The highest BCUT2D eigenvalue weighted by molar-refractivity contribution is 7.89. The van der Waals surface area contributed by atoms with Crippen LogP contribution in [0, 0.1) is 11.3 Å². The van der Waals surface area contributed by atoms with Crippen LogP contribution in [-0.4, -0.2) is 45.0 Å². The first-order chi connectivity index (χ1) is 15.0. The summed E-state index contributed by atoms with van der Waals surface area (Å²) in [6.45, 7) is 1.43. The van der Waals surface area contributed by atoms with Crippen LogP contribution >= 0.6 is 0 Å². The summed E-state index contributed by atoms with van der Waals surface area (Å²) in [5.41, 5.74) is 1.62. The lowest BCUT2D eigenvalue weighted by Crippen LogP contribution is -2.26. The molecule has 0 spiro atoms. The van der Waals surface area contributed by atoms with Gasteiger partial charge < -0.3 is 14.5 Å². The van der Waals surface area contributed by atoms with Crippen molar-refractivity contribution in [2.24, 2.45) is 0 Å². The molecular formula is C22H24N4O4S. The van der Waals surface area contributed by atoms with Gasteiger partial charge in [0.05, 0.1) is 4.90 Å². The van der Waals surface area contributed by atoms with Gasteiger partial charge >= 0.3 is 0 Å². The number of methoxy groups -OCH3 is 1. The molecule has 0 fully saturated rings. The van der Waals surface area contributed by atoms with Crippen molar-refractivity contribution >= 4 is 15.9 Å². The number of oxazole rings is 1. The van der Waals surface area contributed by atoms with Gasteiger partial charge in [0.2, 0.25) is 27.5 Å². The van der Waals surface area contributed by atoms with E-state index in [1.165, 1.54) is 16.4 Å². The zero-order valence-electron chi connectivity index (χ0n) is 17.4. The molecule has 0 aliphatic heterocycles. The van der Waals surface area contributed by atoms with Crippen molar-refractivity contribution in [3.05, 3.63) is 65.9 Å². The monoisotopic (exact) mass is 440 g/mol. The second-order valence-corrected chi connectivity index (χ2v) is 8.90. The summed E-state index contributed by atoms with van der Waals surface area (Å²) in [4.78, 5) is 4.37. The molecular weight excluding hydrogens is 416 g/mol. The molecule has 1 heterocycles. The quantitative estimate of drug-likeness (QED) is 0.481. The first-order valence-electron chi connectivity index (χ1n) is 9.70. The summed E-state index contributed by atoms with van der Waals surface area (Å²) in [5.74, 6) is 0.528. The molecule has 0 saturated heterocycles. The number of benzene rings is 2. The van der Waals surface area contributed by atoms with Gasteiger partial charge in [0.1, 0.15) is 6.07 Å². The number of nitrogens with one attached hydrogen (secondary N) is 1. The van der Waals surface area contributed by atoms with E-state index in [4.69, 9.17) is 9.15 Å². The number of ether oxygens (including phenoxy) is 1. The predicted octanol–water partition coefficient (Wildman–Crippen LogP) is 3.48. The molecule has 0 amide bonds. The topological polar surface area (TPSA) is 108 Å². The fourth-order valence-corrected chi connectivity index (χ4v) is 4.09. The van der Waals surface area contributed by atoms with E-state index in [1.54, 1.807) is 26.3 Å². The molecule has 0 bridgehead atoms. The first kappa shape index (κ1) is 22.5. The fourth-order valence-electron chi connectivity index (χ4n) is 2.93. The van der Waals surface area contributed by atoms with Gasteiger partial charge in [-0.2, -0.15) is 14.6 Å². The molecule has 0 aliphatic carbocycles. The Hall–Kier alpha value is -3.19. The van der Waals surface area contributed by atoms with Crippen molar-refractivity contribution in [2.45, 2.75) is 17.9 Å². The minimum absolute atomic E-state index is 0.145. The van der Waals surface area contributed by atoms with Crippen LogP contribution in [0.4, 0.5) is 5.88 Å². The number of hydrogen-bond donors (Lipinski definition) is 1. The van der Waals surface area contributed by atoms with Gasteiger partial charge in [0.25, 0.3) is 0 Å². The SMILES string of the molecule is COCCCNc1oc(-c2ccc(S(=O)(=O)N(C)Cc3ccccc3)cc2)nc1C#N. The van der Waals surface area contributed by atoms with Crippen LogP contribution in [0.15, 0.2) is 63.9 Å². The summed E-state index contributed by atoms with van der Waals surface area (Å²) in [5, 5.41) is 12.3. The second-order valence-electron chi connectivity index (χ2n) is 6.85. The maximum atomic E-state index is 12.9. The summed E-state index contributed by atoms with van der Waals surface area (Å²) in [6.07, 6.45) is 0.750. The Balaban J connectivity index is 1.75. The molecule has 2 aromatic carbocycles. The third-order valence-electron chi connectivity index (χ3n) is 4.60. The molecule has 3 rings (SSSR count). The fraction of sp³-hybridized carbons (Fsp3) is 0.273. The summed E-state index contributed by atoms with van der Waals surface area (Å²) in [7, 11) is -0.487. The summed E-state index contributed by atoms with van der Waals surface area (Å²) < 4.78 is 37.7. The van der Waals surface area contributed by atoms with Gasteiger partial charge in [-0.05, 0) is 36.2 Å². The maximum absolute atomic E-state index is 12.9. The number of sulfonamides is 1. The van der Waals surface area contributed by atoms with Crippen molar-refractivity contribution in [3.8, 4) is 17.5 Å². The molecule has 1 N–H and O–H groups in total. The average molecular weight is 441 g/mol. The minimum Gasteiger partial charge on any atom is -0.419 e. The van der Waals surface area contributed by atoms with Crippen LogP contribution in [0.5, 0.6) is 0 Å². The van der Waals surface area contributed by atoms with Crippen LogP contribution in [0.3, 0.4) is 0 Å². The zero-order valence-corrected chi connectivity index (χ0v) is 18.2. The van der Waals surface area contributed by atoms with Gasteiger partial charge in [-0.1, -0.05) is 30.3 Å². The van der Waals surface area contributed by atoms with Crippen LogP contribution in [0.2, 0.25) is 0 Å². The zero-order chi connectivity index (χ0) is 22.3.